The molecule has 0 unspecified atom stereocenters. The fourth-order valence-corrected chi connectivity index (χ4v) is 4.19. The van der Waals surface area contributed by atoms with Gasteiger partial charge >= 0.3 is 11.9 Å². The molecule has 0 fully saturated rings. The first-order valence-corrected chi connectivity index (χ1v) is 14.2. The molecule has 0 amide bonds. The summed E-state index contributed by atoms with van der Waals surface area (Å²) < 4.78 is 16.4. The zero-order chi connectivity index (χ0) is 26.9. The molecule has 0 N–H and O–H groups in total. The van der Waals surface area contributed by atoms with Crippen LogP contribution in [0, 0.1) is 5.92 Å². The average molecular weight is 511 g/mol. The van der Waals surface area contributed by atoms with Crippen LogP contribution >= 0.6 is 0 Å². The Labute approximate surface area is 223 Å². The predicted molar refractivity (Wildman–Crippen MR) is 150 cm³/mol. The van der Waals surface area contributed by atoms with E-state index in [2.05, 4.69) is 6.92 Å². The highest BCUT2D eigenvalue weighted by molar-refractivity contribution is 5.92. The standard InChI is InChI=1S/C32H46O5/c1-5-7-8-9-10-11-12-13-14-15-24-36-29-22-20-27(21-23-29)26-16-18-28(19-17-26)31(33)37-30(25(3)4)32(34)35-6-2/h16-23,25,30H,5-15,24H2,1-4H3/t30-/m0/s1. The number of hydrogen-bond acceptors (Lipinski definition) is 5. The van der Waals surface area contributed by atoms with Gasteiger partial charge in [0.1, 0.15) is 5.75 Å². The molecule has 37 heavy (non-hydrogen) atoms. The van der Waals surface area contributed by atoms with E-state index < -0.39 is 18.0 Å². The van der Waals surface area contributed by atoms with E-state index in [9.17, 15) is 9.59 Å². The van der Waals surface area contributed by atoms with Crippen molar-refractivity contribution in [3.8, 4) is 16.9 Å². The topological polar surface area (TPSA) is 61.8 Å². The van der Waals surface area contributed by atoms with Gasteiger partial charge in [0.15, 0.2) is 0 Å². The largest absolute Gasteiger partial charge is 0.494 e. The molecule has 0 spiro atoms. The van der Waals surface area contributed by atoms with Gasteiger partial charge in [-0.05, 0) is 48.7 Å². The van der Waals surface area contributed by atoms with Crippen molar-refractivity contribution in [1.29, 1.82) is 0 Å². The lowest BCUT2D eigenvalue weighted by Crippen LogP contribution is -2.33. The van der Waals surface area contributed by atoms with E-state index >= 15 is 0 Å². The number of benzene rings is 2. The van der Waals surface area contributed by atoms with Crippen LogP contribution in [-0.2, 0) is 14.3 Å². The smallest absolute Gasteiger partial charge is 0.347 e. The summed E-state index contributed by atoms with van der Waals surface area (Å²) >= 11 is 0. The number of esters is 2. The second-order valence-corrected chi connectivity index (χ2v) is 9.95. The van der Waals surface area contributed by atoms with Crippen LogP contribution in [0.3, 0.4) is 0 Å². The molecular weight excluding hydrogens is 464 g/mol. The van der Waals surface area contributed by atoms with Crippen LogP contribution in [0.5, 0.6) is 5.75 Å². The van der Waals surface area contributed by atoms with Crippen LogP contribution in [0.25, 0.3) is 11.1 Å². The van der Waals surface area contributed by atoms with Crippen molar-refractivity contribution in [3.63, 3.8) is 0 Å². The molecule has 0 radical (unpaired) electrons. The maximum absolute atomic E-state index is 12.6. The number of ether oxygens (including phenoxy) is 3. The molecule has 0 saturated heterocycles. The molecule has 1 atom stereocenters. The highest BCUT2D eigenvalue weighted by atomic mass is 16.6. The van der Waals surface area contributed by atoms with E-state index in [0.29, 0.717) is 5.56 Å². The van der Waals surface area contributed by atoms with Crippen molar-refractivity contribution >= 4 is 11.9 Å². The van der Waals surface area contributed by atoms with Crippen LogP contribution in [-0.4, -0.2) is 31.3 Å². The molecule has 5 heteroatoms. The molecule has 0 heterocycles. The minimum Gasteiger partial charge on any atom is -0.494 e. The van der Waals surface area contributed by atoms with E-state index in [0.717, 1.165) is 29.9 Å². The minimum absolute atomic E-state index is 0.173. The van der Waals surface area contributed by atoms with E-state index in [1.54, 1.807) is 19.1 Å². The number of carbonyl (C=O) groups excluding carboxylic acids is 2. The molecule has 2 aromatic carbocycles. The van der Waals surface area contributed by atoms with Crippen LogP contribution in [0.2, 0.25) is 0 Å². The van der Waals surface area contributed by atoms with Gasteiger partial charge in [0.05, 0.1) is 18.8 Å². The van der Waals surface area contributed by atoms with Crippen LogP contribution in [0.1, 0.15) is 102 Å². The molecule has 0 aliphatic rings. The number of hydrogen-bond donors (Lipinski definition) is 0. The van der Waals surface area contributed by atoms with Crippen molar-refractivity contribution in [1.82, 2.24) is 0 Å². The lowest BCUT2D eigenvalue weighted by atomic mass is 10.0. The van der Waals surface area contributed by atoms with E-state index in [1.807, 2.05) is 50.2 Å². The van der Waals surface area contributed by atoms with Gasteiger partial charge in [0.2, 0.25) is 6.10 Å². The maximum Gasteiger partial charge on any atom is 0.347 e. The first-order valence-electron chi connectivity index (χ1n) is 14.2. The Hall–Kier alpha value is -2.82. The summed E-state index contributed by atoms with van der Waals surface area (Å²) in [5.41, 5.74) is 2.43. The summed E-state index contributed by atoms with van der Waals surface area (Å²) in [6, 6.07) is 15.2. The van der Waals surface area contributed by atoms with Gasteiger partial charge in [-0.1, -0.05) is 103 Å². The molecular formula is C32H46O5. The van der Waals surface area contributed by atoms with Crippen molar-refractivity contribution in [3.05, 3.63) is 54.1 Å². The molecule has 0 aliphatic carbocycles. The Bertz CT molecular complexity index is 902. The van der Waals surface area contributed by atoms with Gasteiger partial charge in [0, 0.05) is 5.92 Å². The molecule has 5 nitrogen and oxygen atoms in total. The van der Waals surface area contributed by atoms with Crippen molar-refractivity contribution in [2.75, 3.05) is 13.2 Å². The quantitative estimate of drug-likeness (QED) is 0.149. The van der Waals surface area contributed by atoms with Crippen LogP contribution in [0.15, 0.2) is 48.5 Å². The summed E-state index contributed by atoms with van der Waals surface area (Å²) in [5.74, 6) is -0.348. The zero-order valence-corrected chi connectivity index (χ0v) is 23.3. The van der Waals surface area contributed by atoms with Crippen LogP contribution < -0.4 is 4.74 Å². The summed E-state index contributed by atoms with van der Waals surface area (Å²) in [4.78, 5) is 24.6. The molecule has 0 aromatic heterocycles. The lowest BCUT2D eigenvalue weighted by molar-refractivity contribution is -0.155. The highest BCUT2D eigenvalue weighted by Gasteiger charge is 2.28. The van der Waals surface area contributed by atoms with Gasteiger partial charge in [-0.3, -0.25) is 0 Å². The van der Waals surface area contributed by atoms with Gasteiger partial charge in [-0.25, -0.2) is 9.59 Å². The van der Waals surface area contributed by atoms with Gasteiger partial charge < -0.3 is 14.2 Å². The highest BCUT2D eigenvalue weighted by Crippen LogP contribution is 2.24. The second-order valence-electron chi connectivity index (χ2n) is 9.95. The van der Waals surface area contributed by atoms with E-state index in [4.69, 9.17) is 14.2 Å². The Morgan fingerprint density at radius 3 is 1.73 bits per heavy atom. The Morgan fingerprint density at radius 2 is 1.22 bits per heavy atom. The van der Waals surface area contributed by atoms with Crippen molar-refractivity contribution < 1.29 is 23.8 Å². The molecule has 0 bridgehead atoms. The van der Waals surface area contributed by atoms with Gasteiger partial charge in [0.25, 0.3) is 0 Å². The fourth-order valence-electron chi connectivity index (χ4n) is 4.19. The first kappa shape index (κ1) is 30.4. The summed E-state index contributed by atoms with van der Waals surface area (Å²) in [6.07, 6.45) is 12.2. The Kier molecular flexibility index (Phi) is 14.5. The lowest BCUT2D eigenvalue weighted by Gasteiger charge is -2.19. The van der Waals surface area contributed by atoms with Gasteiger partial charge in [-0.2, -0.15) is 0 Å². The molecule has 204 valence electrons. The predicted octanol–water partition coefficient (Wildman–Crippen LogP) is 8.40. The van der Waals surface area contributed by atoms with E-state index in [-0.39, 0.29) is 12.5 Å². The maximum atomic E-state index is 12.6. The number of carbonyl (C=O) groups is 2. The number of rotatable bonds is 18. The molecule has 0 aliphatic heterocycles. The summed E-state index contributed by atoms with van der Waals surface area (Å²) in [6.45, 7) is 8.63. The fraction of sp³-hybridized carbons (Fsp3) is 0.562. The minimum atomic E-state index is -0.917. The third kappa shape index (κ3) is 11.4. The third-order valence-electron chi connectivity index (χ3n) is 6.43. The van der Waals surface area contributed by atoms with Crippen molar-refractivity contribution in [2.24, 2.45) is 5.92 Å². The van der Waals surface area contributed by atoms with Gasteiger partial charge in [-0.15, -0.1) is 0 Å². The van der Waals surface area contributed by atoms with Crippen LogP contribution in [0.4, 0.5) is 0 Å². The molecule has 2 rings (SSSR count). The normalized spacial score (nSPS) is 11.8. The zero-order valence-electron chi connectivity index (χ0n) is 23.3. The van der Waals surface area contributed by atoms with Crippen molar-refractivity contribution in [2.45, 2.75) is 98.0 Å². The Balaban J connectivity index is 1.74. The first-order chi connectivity index (χ1) is 18.0. The summed E-state index contributed by atoms with van der Waals surface area (Å²) in [5, 5.41) is 0. The van der Waals surface area contributed by atoms with E-state index in [1.165, 1.54) is 57.8 Å². The molecule has 0 saturated carbocycles. The number of unbranched alkanes of at least 4 members (excludes halogenated alkanes) is 9. The third-order valence-corrected chi connectivity index (χ3v) is 6.43. The SMILES string of the molecule is CCCCCCCCCCCCOc1ccc(-c2ccc(C(=O)O[C@H](C(=O)OCC)C(C)C)cc2)cc1. The second kappa shape index (κ2) is 17.6. The molecule has 2 aromatic rings. The Morgan fingerprint density at radius 1 is 0.703 bits per heavy atom. The summed E-state index contributed by atoms with van der Waals surface area (Å²) in [7, 11) is 0. The monoisotopic (exact) mass is 510 g/mol. The average Bonchev–Trinajstić information content (AvgIpc) is 2.90.